The molecule has 1 aromatic carbocycles. The van der Waals surface area contributed by atoms with Gasteiger partial charge in [-0.2, -0.15) is 5.26 Å². The molecule has 86 valence electrons. The average Bonchev–Trinajstić information content (AvgIpc) is 2.30. The Balaban J connectivity index is 2.73. The summed E-state index contributed by atoms with van der Waals surface area (Å²) in [6.45, 7) is 6.61. The third kappa shape index (κ3) is 3.58. The lowest BCUT2D eigenvalue weighted by atomic mass is 10.1. The van der Waals surface area contributed by atoms with Gasteiger partial charge in [0, 0.05) is 18.8 Å². The van der Waals surface area contributed by atoms with Crippen molar-refractivity contribution in [3.05, 3.63) is 29.8 Å². The van der Waals surface area contributed by atoms with E-state index >= 15 is 0 Å². The second-order valence-electron chi connectivity index (χ2n) is 3.99. The molecule has 0 atom stereocenters. The smallest absolute Gasteiger partial charge is 0.0669 e. The molecule has 0 aromatic heterocycles. The molecule has 16 heavy (non-hydrogen) atoms. The molecule has 0 aliphatic rings. The van der Waals surface area contributed by atoms with E-state index in [0.29, 0.717) is 6.42 Å². The van der Waals surface area contributed by atoms with Crippen molar-refractivity contribution in [1.82, 2.24) is 0 Å². The van der Waals surface area contributed by atoms with E-state index < -0.39 is 0 Å². The number of hydrogen-bond donors (Lipinski definition) is 0. The summed E-state index contributed by atoms with van der Waals surface area (Å²) < 4.78 is 0. The Bertz CT molecular complexity index is 329. The summed E-state index contributed by atoms with van der Waals surface area (Å²) in [7, 11) is 0. The minimum atomic E-state index is 0.502. The third-order valence-corrected chi connectivity index (χ3v) is 2.57. The van der Waals surface area contributed by atoms with Crippen molar-refractivity contribution in [3.63, 3.8) is 0 Å². The highest BCUT2D eigenvalue weighted by molar-refractivity contribution is 5.47. The molecule has 2 heteroatoms. The molecule has 1 aromatic rings. The maximum atomic E-state index is 8.61. The molecule has 0 heterocycles. The molecule has 0 spiro atoms. The Kier molecular flexibility index (Phi) is 5.42. The number of rotatable bonds is 6. The van der Waals surface area contributed by atoms with Crippen LogP contribution in [-0.2, 0) is 6.42 Å². The van der Waals surface area contributed by atoms with E-state index in [1.807, 2.05) is 0 Å². The van der Waals surface area contributed by atoms with Crippen molar-refractivity contribution in [3.8, 4) is 6.07 Å². The van der Waals surface area contributed by atoms with Gasteiger partial charge in [0.1, 0.15) is 0 Å². The highest BCUT2D eigenvalue weighted by Gasteiger charge is 2.03. The molecule has 0 unspecified atom stereocenters. The Morgan fingerprint density at radius 2 is 1.62 bits per heavy atom. The van der Waals surface area contributed by atoms with Crippen molar-refractivity contribution in [2.45, 2.75) is 33.1 Å². The molecule has 0 saturated carbocycles. The number of nitrogens with zero attached hydrogens (tertiary/aromatic N) is 2. The highest BCUT2D eigenvalue weighted by Crippen LogP contribution is 2.16. The monoisotopic (exact) mass is 216 g/mol. The summed E-state index contributed by atoms with van der Waals surface area (Å²) in [5.41, 5.74) is 2.37. The van der Waals surface area contributed by atoms with Gasteiger partial charge in [0.2, 0.25) is 0 Å². The predicted octanol–water partition coefficient (Wildman–Crippen LogP) is 3.38. The molecule has 0 N–H and O–H groups in total. The zero-order valence-corrected chi connectivity index (χ0v) is 10.2. The van der Waals surface area contributed by atoms with Crippen molar-refractivity contribution >= 4 is 5.69 Å². The van der Waals surface area contributed by atoms with Gasteiger partial charge in [-0.05, 0) is 30.5 Å². The number of anilines is 1. The van der Waals surface area contributed by atoms with Crippen LogP contribution < -0.4 is 4.90 Å². The van der Waals surface area contributed by atoms with Gasteiger partial charge in [0.25, 0.3) is 0 Å². The van der Waals surface area contributed by atoms with Gasteiger partial charge in [-0.25, -0.2) is 0 Å². The molecular formula is C14H20N2. The summed E-state index contributed by atoms with van der Waals surface area (Å²) in [6.07, 6.45) is 2.84. The third-order valence-electron chi connectivity index (χ3n) is 2.57. The molecule has 2 nitrogen and oxygen atoms in total. The molecule has 0 bridgehead atoms. The summed E-state index contributed by atoms with van der Waals surface area (Å²) >= 11 is 0. The fraction of sp³-hybridized carbons (Fsp3) is 0.500. The van der Waals surface area contributed by atoms with Crippen LogP contribution in [0.3, 0.4) is 0 Å². The molecule has 0 aliphatic heterocycles. The largest absolute Gasteiger partial charge is 0.372 e. The Hall–Kier alpha value is -1.49. The number of nitriles is 1. The normalized spacial score (nSPS) is 9.81. The van der Waals surface area contributed by atoms with Crippen LogP contribution in [0, 0.1) is 11.3 Å². The Morgan fingerprint density at radius 1 is 1.06 bits per heavy atom. The van der Waals surface area contributed by atoms with E-state index in [4.69, 9.17) is 5.26 Å². The minimum Gasteiger partial charge on any atom is -0.372 e. The highest BCUT2D eigenvalue weighted by atomic mass is 15.1. The van der Waals surface area contributed by atoms with Gasteiger partial charge in [-0.15, -0.1) is 0 Å². The van der Waals surface area contributed by atoms with E-state index in [9.17, 15) is 0 Å². The Morgan fingerprint density at radius 3 is 2.06 bits per heavy atom. The van der Waals surface area contributed by atoms with Crippen LogP contribution in [0.4, 0.5) is 5.69 Å². The van der Waals surface area contributed by atoms with Crippen LogP contribution in [0.15, 0.2) is 24.3 Å². The summed E-state index contributed by atoms with van der Waals surface area (Å²) in [6, 6.07) is 10.5. The second kappa shape index (κ2) is 6.90. The van der Waals surface area contributed by atoms with Crippen LogP contribution in [0.5, 0.6) is 0 Å². The molecule has 0 fully saturated rings. The fourth-order valence-corrected chi connectivity index (χ4v) is 1.83. The topological polar surface area (TPSA) is 27.0 Å². The van der Waals surface area contributed by atoms with Gasteiger partial charge in [0.15, 0.2) is 0 Å². The number of hydrogen-bond acceptors (Lipinski definition) is 2. The fourth-order valence-electron chi connectivity index (χ4n) is 1.83. The molecule has 0 saturated heterocycles. The SMILES string of the molecule is CCCN(CCC)c1ccc(CC#N)cc1. The van der Waals surface area contributed by atoms with Crippen LogP contribution in [-0.4, -0.2) is 13.1 Å². The van der Waals surface area contributed by atoms with E-state index in [1.165, 1.54) is 18.5 Å². The van der Waals surface area contributed by atoms with Crippen LogP contribution in [0.25, 0.3) is 0 Å². The minimum absolute atomic E-state index is 0.502. The van der Waals surface area contributed by atoms with Crippen LogP contribution in [0.1, 0.15) is 32.3 Å². The van der Waals surface area contributed by atoms with E-state index in [0.717, 1.165) is 18.7 Å². The average molecular weight is 216 g/mol. The Labute approximate surface area is 98.5 Å². The van der Waals surface area contributed by atoms with Gasteiger partial charge in [-0.1, -0.05) is 26.0 Å². The van der Waals surface area contributed by atoms with E-state index in [-0.39, 0.29) is 0 Å². The first-order valence-electron chi connectivity index (χ1n) is 6.02. The maximum absolute atomic E-state index is 8.61. The van der Waals surface area contributed by atoms with E-state index in [2.05, 4.69) is 49.1 Å². The van der Waals surface area contributed by atoms with Crippen LogP contribution >= 0.6 is 0 Å². The predicted molar refractivity (Wildman–Crippen MR) is 68.6 cm³/mol. The van der Waals surface area contributed by atoms with E-state index in [1.54, 1.807) is 0 Å². The maximum Gasteiger partial charge on any atom is 0.0669 e. The van der Waals surface area contributed by atoms with Crippen molar-refractivity contribution < 1.29 is 0 Å². The molecule has 0 amide bonds. The van der Waals surface area contributed by atoms with Crippen molar-refractivity contribution in [2.75, 3.05) is 18.0 Å². The van der Waals surface area contributed by atoms with Crippen molar-refractivity contribution in [2.24, 2.45) is 0 Å². The quantitative estimate of drug-likeness (QED) is 0.729. The first-order valence-corrected chi connectivity index (χ1v) is 6.02. The molecule has 1 rings (SSSR count). The second-order valence-corrected chi connectivity index (χ2v) is 3.99. The lowest BCUT2D eigenvalue weighted by Gasteiger charge is -2.23. The van der Waals surface area contributed by atoms with Gasteiger partial charge >= 0.3 is 0 Å². The lowest BCUT2D eigenvalue weighted by molar-refractivity contribution is 0.745. The first kappa shape index (κ1) is 12.6. The zero-order valence-electron chi connectivity index (χ0n) is 10.2. The number of benzene rings is 1. The summed E-state index contributed by atoms with van der Waals surface area (Å²) in [5.74, 6) is 0. The van der Waals surface area contributed by atoms with Gasteiger partial charge in [0.05, 0.1) is 12.5 Å². The van der Waals surface area contributed by atoms with Crippen LogP contribution in [0.2, 0.25) is 0 Å². The molecular weight excluding hydrogens is 196 g/mol. The standard InChI is InChI=1S/C14H20N2/c1-3-11-16(12-4-2)14-7-5-13(6-8-14)9-10-15/h5-8H,3-4,9,11-12H2,1-2H3. The molecule has 0 aliphatic carbocycles. The van der Waals surface area contributed by atoms with Gasteiger partial charge < -0.3 is 4.90 Å². The first-order chi connectivity index (χ1) is 7.81. The zero-order chi connectivity index (χ0) is 11.8. The van der Waals surface area contributed by atoms with Gasteiger partial charge in [-0.3, -0.25) is 0 Å². The van der Waals surface area contributed by atoms with Crippen molar-refractivity contribution in [1.29, 1.82) is 5.26 Å². The summed E-state index contributed by atoms with van der Waals surface area (Å²) in [4.78, 5) is 2.40. The lowest BCUT2D eigenvalue weighted by Crippen LogP contribution is -2.24. The molecule has 0 radical (unpaired) electrons. The summed E-state index contributed by atoms with van der Waals surface area (Å²) in [5, 5.41) is 8.61.